The summed E-state index contributed by atoms with van der Waals surface area (Å²) in [4.78, 5) is 33.4. The van der Waals surface area contributed by atoms with E-state index in [-0.39, 0.29) is 23.8 Å². The van der Waals surface area contributed by atoms with Crippen molar-refractivity contribution < 1.29 is 14.4 Å². The van der Waals surface area contributed by atoms with Crippen LogP contribution < -0.4 is 0 Å². The average Bonchev–Trinajstić information content (AvgIpc) is 1.86. The van der Waals surface area contributed by atoms with Crippen LogP contribution in [0.4, 0.5) is 0 Å². The first-order valence-corrected chi connectivity index (χ1v) is 3.92. The highest BCUT2D eigenvalue weighted by Crippen LogP contribution is 2.25. The summed E-state index contributed by atoms with van der Waals surface area (Å²) >= 11 is 0. The zero-order valence-corrected chi connectivity index (χ0v) is 7.93. The quantitative estimate of drug-likeness (QED) is 0.595. The molecule has 0 aromatic heterocycles. The van der Waals surface area contributed by atoms with Crippen molar-refractivity contribution in [3.8, 4) is 0 Å². The van der Waals surface area contributed by atoms with Crippen molar-refractivity contribution in [2.75, 3.05) is 0 Å². The van der Waals surface area contributed by atoms with E-state index in [0.29, 0.717) is 0 Å². The summed E-state index contributed by atoms with van der Waals surface area (Å²) in [5, 5.41) is 0. The lowest BCUT2D eigenvalue weighted by molar-refractivity contribution is -0.146. The van der Waals surface area contributed by atoms with E-state index in [4.69, 9.17) is 0 Å². The van der Waals surface area contributed by atoms with Crippen molar-refractivity contribution in [3.05, 3.63) is 0 Å². The molecule has 0 radical (unpaired) electrons. The van der Waals surface area contributed by atoms with Crippen molar-refractivity contribution in [1.82, 2.24) is 0 Å². The highest BCUT2D eigenvalue weighted by molar-refractivity contribution is 6.22. The minimum atomic E-state index is -1.38. The SMILES string of the molecule is CCC(C(C)=O)(C(C)=O)C(C)=O. The van der Waals surface area contributed by atoms with Gasteiger partial charge in [0.05, 0.1) is 0 Å². The summed E-state index contributed by atoms with van der Waals surface area (Å²) < 4.78 is 0. The van der Waals surface area contributed by atoms with Gasteiger partial charge in [-0.2, -0.15) is 0 Å². The van der Waals surface area contributed by atoms with Crippen LogP contribution in [0.15, 0.2) is 0 Å². The molecule has 0 bridgehead atoms. The lowest BCUT2D eigenvalue weighted by Gasteiger charge is -2.23. The number of ketones is 3. The molecule has 0 fully saturated rings. The van der Waals surface area contributed by atoms with E-state index in [9.17, 15) is 14.4 Å². The Hall–Kier alpha value is -0.990. The van der Waals surface area contributed by atoms with Gasteiger partial charge >= 0.3 is 0 Å². The Labute approximate surface area is 72.1 Å². The molecule has 0 aromatic rings. The molecule has 3 nitrogen and oxygen atoms in total. The molecular weight excluding hydrogens is 156 g/mol. The van der Waals surface area contributed by atoms with E-state index in [1.54, 1.807) is 6.92 Å². The van der Waals surface area contributed by atoms with E-state index in [1.165, 1.54) is 20.8 Å². The third-order valence-electron chi connectivity index (χ3n) is 2.33. The molecule has 0 aliphatic carbocycles. The molecule has 12 heavy (non-hydrogen) atoms. The van der Waals surface area contributed by atoms with Crippen LogP contribution in [-0.2, 0) is 14.4 Å². The molecular formula is C9H14O3. The first-order valence-electron chi connectivity index (χ1n) is 3.92. The van der Waals surface area contributed by atoms with Crippen LogP contribution in [0.25, 0.3) is 0 Å². The largest absolute Gasteiger partial charge is 0.298 e. The van der Waals surface area contributed by atoms with Crippen molar-refractivity contribution >= 4 is 17.3 Å². The second-order valence-corrected chi connectivity index (χ2v) is 2.93. The van der Waals surface area contributed by atoms with Crippen LogP contribution in [0.3, 0.4) is 0 Å². The van der Waals surface area contributed by atoms with Crippen molar-refractivity contribution in [2.24, 2.45) is 5.41 Å². The minimum Gasteiger partial charge on any atom is -0.298 e. The summed E-state index contributed by atoms with van der Waals surface area (Å²) in [5.74, 6) is -1.07. The van der Waals surface area contributed by atoms with E-state index in [0.717, 1.165) is 0 Å². The van der Waals surface area contributed by atoms with Gasteiger partial charge in [-0.25, -0.2) is 0 Å². The second-order valence-electron chi connectivity index (χ2n) is 2.93. The van der Waals surface area contributed by atoms with E-state index >= 15 is 0 Å². The number of carbonyl (C=O) groups is 3. The Morgan fingerprint density at radius 1 is 0.917 bits per heavy atom. The fourth-order valence-corrected chi connectivity index (χ4v) is 1.49. The third-order valence-corrected chi connectivity index (χ3v) is 2.33. The van der Waals surface area contributed by atoms with Gasteiger partial charge in [0.25, 0.3) is 0 Å². The summed E-state index contributed by atoms with van der Waals surface area (Å²) in [5.41, 5.74) is -1.38. The van der Waals surface area contributed by atoms with Gasteiger partial charge in [0.15, 0.2) is 17.3 Å². The Balaban J connectivity index is 5.19. The van der Waals surface area contributed by atoms with Gasteiger partial charge in [-0.05, 0) is 27.2 Å². The number of Topliss-reactive ketones (excluding diaryl/α,β-unsaturated/α-hetero) is 3. The van der Waals surface area contributed by atoms with Gasteiger partial charge < -0.3 is 0 Å². The van der Waals surface area contributed by atoms with Crippen LogP contribution >= 0.6 is 0 Å². The molecule has 0 saturated heterocycles. The Kier molecular flexibility index (Phi) is 3.31. The van der Waals surface area contributed by atoms with Gasteiger partial charge in [0.2, 0.25) is 0 Å². The molecule has 0 unspecified atom stereocenters. The average molecular weight is 170 g/mol. The van der Waals surface area contributed by atoms with Crippen molar-refractivity contribution in [1.29, 1.82) is 0 Å². The molecule has 0 rings (SSSR count). The molecule has 0 amide bonds. The Morgan fingerprint density at radius 3 is 1.17 bits per heavy atom. The predicted octanol–water partition coefficient (Wildman–Crippen LogP) is 1.15. The standard InChI is InChI=1S/C9H14O3/c1-5-9(6(2)10,7(3)11)8(4)12/h5H2,1-4H3. The third kappa shape index (κ3) is 1.44. The maximum Gasteiger partial charge on any atom is 0.150 e. The molecule has 3 heteroatoms. The molecule has 68 valence electrons. The fourth-order valence-electron chi connectivity index (χ4n) is 1.49. The van der Waals surface area contributed by atoms with Gasteiger partial charge in [0, 0.05) is 0 Å². The normalized spacial score (nSPS) is 11.0. The molecule has 0 N–H and O–H groups in total. The smallest absolute Gasteiger partial charge is 0.150 e. The molecule has 0 atom stereocenters. The highest BCUT2D eigenvalue weighted by atomic mass is 16.2. The zero-order valence-electron chi connectivity index (χ0n) is 7.93. The zero-order chi connectivity index (χ0) is 9.94. The summed E-state index contributed by atoms with van der Waals surface area (Å²) in [6, 6.07) is 0. The van der Waals surface area contributed by atoms with Crippen LogP contribution in [0, 0.1) is 5.41 Å². The predicted molar refractivity (Wildman–Crippen MR) is 44.8 cm³/mol. The molecule has 0 saturated carbocycles. The lowest BCUT2D eigenvalue weighted by atomic mass is 9.75. The summed E-state index contributed by atoms with van der Waals surface area (Å²) in [7, 11) is 0. The van der Waals surface area contributed by atoms with Crippen LogP contribution in [0.2, 0.25) is 0 Å². The number of hydrogen-bond acceptors (Lipinski definition) is 3. The molecule has 0 heterocycles. The first-order chi connectivity index (χ1) is 5.39. The lowest BCUT2D eigenvalue weighted by Crippen LogP contribution is -2.42. The van der Waals surface area contributed by atoms with Gasteiger partial charge in [0.1, 0.15) is 5.41 Å². The van der Waals surface area contributed by atoms with Crippen molar-refractivity contribution in [3.63, 3.8) is 0 Å². The van der Waals surface area contributed by atoms with Gasteiger partial charge in [-0.3, -0.25) is 14.4 Å². The topological polar surface area (TPSA) is 51.2 Å². The first kappa shape index (κ1) is 11.0. The monoisotopic (exact) mass is 170 g/mol. The minimum absolute atomic E-state index is 0.257. The number of carbonyl (C=O) groups excluding carboxylic acids is 3. The molecule has 0 aromatic carbocycles. The molecule has 0 spiro atoms. The van der Waals surface area contributed by atoms with Crippen LogP contribution in [0.1, 0.15) is 34.1 Å². The fraction of sp³-hybridized carbons (Fsp3) is 0.667. The van der Waals surface area contributed by atoms with E-state index < -0.39 is 5.41 Å². The van der Waals surface area contributed by atoms with E-state index in [2.05, 4.69) is 0 Å². The van der Waals surface area contributed by atoms with Crippen LogP contribution in [-0.4, -0.2) is 17.3 Å². The number of hydrogen-bond donors (Lipinski definition) is 0. The van der Waals surface area contributed by atoms with E-state index in [1.807, 2.05) is 0 Å². The van der Waals surface area contributed by atoms with Crippen molar-refractivity contribution in [2.45, 2.75) is 34.1 Å². The highest BCUT2D eigenvalue weighted by Gasteiger charge is 2.43. The van der Waals surface area contributed by atoms with Gasteiger partial charge in [-0.15, -0.1) is 0 Å². The Bertz CT molecular complexity index is 192. The van der Waals surface area contributed by atoms with Gasteiger partial charge in [-0.1, -0.05) is 6.92 Å². The maximum atomic E-state index is 11.1. The van der Waals surface area contributed by atoms with Crippen LogP contribution in [0.5, 0.6) is 0 Å². The maximum absolute atomic E-state index is 11.1. The molecule has 0 aliphatic heterocycles. The summed E-state index contributed by atoms with van der Waals surface area (Å²) in [6.45, 7) is 5.52. The summed E-state index contributed by atoms with van der Waals surface area (Å²) in [6.07, 6.45) is 0.257. The number of rotatable bonds is 4. The second kappa shape index (κ2) is 3.61. The Morgan fingerprint density at radius 2 is 1.17 bits per heavy atom. The molecule has 0 aliphatic rings.